The second-order valence-corrected chi connectivity index (χ2v) is 5.88. The minimum atomic E-state index is -0.360. The number of benzene rings is 2. The molecule has 0 aliphatic carbocycles. The maximum Gasteiger partial charge on any atom is 0.246 e. The van der Waals surface area contributed by atoms with Crippen LogP contribution in [0.1, 0.15) is 23.6 Å². The third-order valence-electron chi connectivity index (χ3n) is 3.77. The van der Waals surface area contributed by atoms with Crippen LogP contribution >= 0.6 is 0 Å². The molecule has 23 heavy (non-hydrogen) atoms. The lowest BCUT2D eigenvalue weighted by Crippen LogP contribution is -2.32. The third-order valence-corrected chi connectivity index (χ3v) is 3.77. The predicted molar refractivity (Wildman–Crippen MR) is 95.4 cm³/mol. The van der Waals surface area contributed by atoms with Crippen LogP contribution in [0.2, 0.25) is 0 Å². The fourth-order valence-corrected chi connectivity index (χ4v) is 2.35. The first-order valence-electron chi connectivity index (χ1n) is 7.70. The fraction of sp³-hybridized carbons (Fsp3) is 0.316. The number of carbonyl (C=O) groups is 1. The van der Waals surface area contributed by atoms with Crippen molar-refractivity contribution in [3.63, 3.8) is 0 Å². The first-order chi connectivity index (χ1) is 10.9. The summed E-state index contributed by atoms with van der Waals surface area (Å²) in [6.07, 6.45) is 0. The molecule has 2 N–H and O–H groups in total. The summed E-state index contributed by atoms with van der Waals surface area (Å²) in [7, 11) is 1.60. The molecule has 0 fully saturated rings. The molecule has 4 heteroatoms. The standard InChI is InChI=1S/C19H24N2O2/c1-12-6-8-14(3)16(10-12)20-15(4)19(22)21-17-11-13(2)7-9-18(17)23-5/h6-11,15,20H,1-5H3,(H,21,22). The summed E-state index contributed by atoms with van der Waals surface area (Å²) in [5, 5.41) is 6.20. The van der Waals surface area contributed by atoms with Gasteiger partial charge in [0.05, 0.1) is 12.8 Å². The Labute approximate surface area is 137 Å². The van der Waals surface area contributed by atoms with E-state index in [1.165, 1.54) is 0 Å². The SMILES string of the molecule is COc1ccc(C)cc1NC(=O)C(C)Nc1cc(C)ccc1C. The summed E-state index contributed by atoms with van der Waals surface area (Å²) in [5.74, 6) is 0.553. The van der Waals surface area contributed by atoms with E-state index < -0.39 is 0 Å². The number of hydrogen-bond acceptors (Lipinski definition) is 3. The third kappa shape index (κ3) is 4.25. The molecule has 1 amide bonds. The second-order valence-electron chi connectivity index (χ2n) is 5.88. The zero-order valence-electron chi connectivity index (χ0n) is 14.4. The number of amides is 1. The largest absolute Gasteiger partial charge is 0.495 e. The number of methoxy groups -OCH3 is 1. The average Bonchev–Trinajstić information content (AvgIpc) is 2.51. The zero-order chi connectivity index (χ0) is 17.0. The zero-order valence-corrected chi connectivity index (χ0v) is 14.4. The molecule has 0 aliphatic heterocycles. The lowest BCUT2D eigenvalue weighted by molar-refractivity contribution is -0.116. The molecule has 2 rings (SSSR count). The normalized spacial score (nSPS) is 11.7. The highest BCUT2D eigenvalue weighted by molar-refractivity contribution is 5.97. The van der Waals surface area contributed by atoms with Crippen molar-refractivity contribution in [2.24, 2.45) is 0 Å². The van der Waals surface area contributed by atoms with E-state index in [0.29, 0.717) is 11.4 Å². The van der Waals surface area contributed by atoms with Crippen LogP contribution in [0.3, 0.4) is 0 Å². The quantitative estimate of drug-likeness (QED) is 0.875. The maximum atomic E-state index is 12.5. The Morgan fingerprint density at radius 3 is 2.26 bits per heavy atom. The van der Waals surface area contributed by atoms with Gasteiger partial charge in [-0.3, -0.25) is 4.79 Å². The highest BCUT2D eigenvalue weighted by Gasteiger charge is 2.15. The van der Waals surface area contributed by atoms with Crippen molar-refractivity contribution in [2.75, 3.05) is 17.7 Å². The molecule has 0 radical (unpaired) electrons. The molecule has 0 saturated carbocycles. The predicted octanol–water partition coefficient (Wildman–Crippen LogP) is 4.06. The number of carbonyl (C=O) groups excluding carboxylic acids is 1. The number of ether oxygens (including phenoxy) is 1. The molecule has 0 spiro atoms. The highest BCUT2D eigenvalue weighted by atomic mass is 16.5. The minimum Gasteiger partial charge on any atom is -0.495 e. The van der Waals surface area contributed by atoms with Crippen molar-refractivity contribution < 1.29 is 9.53 Å². The van der Waals surface area contributed by atoms with Gasteiger partial charge in [-0.1, -0.05) is 18.2 Å². The first kappa shape index (κ1) is 16.9. The van der Waals surface area contributed by atoms with Gasteiger partial charge in [-0.15, -0.1) is 0 Å². The van der Waals surface area contributed by atoms with E-state index in [1.54, 1.807) is 7.11 Å². The molecular weight excluding hydrogens is 288 g/mol. The second kappa shape index (κ2) is 7.18. The molecule has 2 aromatic carbocycles. The van der Waals surface area contributed by atoms with Crippen LogP contribution in [0.4, 0.5) is 11.4 Å². The Bertz CT molecular complexity index is 711. The minimum absolute atomic E-state index is 0.102. The van der Waals surface area contributed by atoms with Crippen LogP contribution in [0, 0.1) is 20.8 Å². The van der Waals surface area contributed by atoms with Gasteiger partial charge < -0.3 is 15.4 Å². The van der Waals surface area contributed by atoms with E-state index in [9.17, 15) is 4.79 Å². The Morgan fingerprint density at radius 2 is 1.61 bits per heavy atom. The van der Waals surface area contributed by atoms with Gasteiger partial charge in [0.25, 0.3) is 0 Å². The summed E-state index contributed by atoms with van der Waals surface area (Å²) in [4.78, 5) is 12.5. The number of hydrogen-bond donors (Lipinski definition) is 2. The van der Waals surface area contributed by atoms with Crippen LogP contribution in [0.5, 0.6) is 5.75 Å². The summed E-state index contributed by atoms with van der Waals surface area (Å²) < 4.78 is 5.30. The topological polar surface area (TPSA) is 50.4 Å². The van der Waals surface area contributed by atoms with Crippen molar-refractivity contribution >= 4 is 17.3 Å². The van der Waals surface area contributed by atoms with E-state index in [1.807, 2.05) is 58.0 Å². The van der Waals surface area contributed by atoms with Gasteiger partial charge in [-0.25, -0.2) is 0 Å². The molecule has 0 aliphatic rings. The van der Waals surface area contributed by atoms with Crippen molar-refractivity contribution in [3.8, 4) is 5.75 Å². The molecule has 2 aromatic rings. The van der Waals surface area contributed by atoms with Gasteiger partial charge in [0.2, 0.25) is 5.91 Å². The van der Waals surface area contributed by atoms with Crippen LogP contribution in [0.25, 0.3) is 0 Å². The lowest BCUT2D eigenvalue weighted by Gasteiger charge is -2.18. The van der Waals surface area contributed by atoms with Gasteiger partial charge in [0.15, 0.2) is 0 Å². The van der Waals surface area contributed by atoms with Crippen molar-refractivity contribution in [3.05, 3.63) is 53.1 Å². The molecule has 0 saturated heterocycles. The molecule has 4 nitrogen and oxygen atoms in total. The average molecular weight is 312 g/mol. The summed E-state index contributed by atoms with van der Waals surface area (Å²) in [5.41, 5.74) is 5.00. The van der Waals surface area contributed by atoms with E-state index in [4.69, 9.17) is 4.74 Å². The number of rotatable bonds is 5. The van der Waals surface area contributed by atoms with Crippen LogP contribution in [-0.2, 0) is 4.79 Å². The Hall–Kier alpha value is -2.49. The van der Waals surface area contributed by atoms with Crippen molar-refractivity contribution in [1.29, 1.82) is 0 Å². The first-order valence-corrected chi connectivity index (χ1v) is 7.70. The molecular formula is C19H24N2O2. The van der Waals surface area contributed by atoms with Gasteiger partial charge >= 0.3 is 0 Å². The van der Waals surface area contributed by atoms with Crippen molar-refractivity contribution in [1.82, 2.24) is 0 Å². The number of anilines is 2. The summed E-state index contributed by atoms with van der Waals surface area (Å²) >= 11 is 0. The molecule has 0 aromatic heterocycles. The molecule has 0 heterocycles. The lowest BCUT2D eigenvalue weighted by atomic mass is 10.1. The highest BCUT2D eigenvalue weighted by Crippen LogP contribution is 2.25. The van der Waals surface area contributed by atoms with Gasteiger partial charge in [-0.2, -0.15) is 0 Å². The molecule has 1 unspecified atom stereocenters. The van der Waals surface area contributed by atoms with Crippen LogP contribution < -0.4 is 15.4 Å². The Balaban J connectivity index is 2.11. The summed E-state index contributed by atoms with van der Waals surface area (Å²) in [6.45, 7) is 7.88. The van der Waals surface area contributed by atoms with E-state index in [2.05, 4.69) is 16.7 Å². The maximum absolute atomic E-state index is 12.5. The van der Waals surface area contributed by atoms with Gasteiger partial charge in [0, 0.05) is 5.69 Å². The molecule has 122 valence electrons. The van der Waals surface area contributed by atoms with Gasteiger partial charge in [-0.05, 0) is 62.6 Å². The van der Waals surface area contributed by atoms with Crippen molar-refractivity contribution in [2.45, 2.75) is 33.7 Å². The molecule has 0 bridgehead atoms. The Kier molecular flexibility index (Phi) is 5.27. The van der Waals surface area contributed by atoms with E-state index in [0.717, 1.165) is 22.4 Å². The van der Waals surface area contributed by atoms with Crippen LogP contribution in [-0.4, -0.2) is 19.1 Å². The van der Waals surface area contributed by atoms with Crippen LogP contribution in [0.15, 0.2) is 36.4 Å². The fourth-order valence-electron chi connectivity index (χ4n) is 2.35. The Morgan fingerprint density at radius 1 is 1.00 bits per heavy atom. The van der Waals surface area contributed by atoms with E-state index >= 15 is 0 Å². The number of aryl methyl sites for hydroxylation is 3. The monoisotopic (exact) mass is 312 g/mol. The smallest absolute Gasteiger partial charge is 0.246 e. The number of nitrogens with one attached hydrogen (secondary N) is 2. The molecule has 1 atom stereocenters. The van der Waals surface area contributed by atoms with E-state index in [-0.39, 0.29) is 11.9 Å². The summed E-state index contributed by atoms with van der Waals surface area (Å²) in [6, 6.07) is 11.5. The van der Waals surface area contributed by atoms with Gasteiger partial charge in [0.1, 0.15) is 11.8 Å².